The molecule has 1 amide bonds. The number of carbonyl (C=O) groups excluding carboxylic acids is 1. The van der Waals surface area contributed by atoms with E-state index >= 15 is 0 Å². The van der Waals surface area contributed by atoms with E-state index in [9.17, 15) is 9.18 Å². The average Bonchev–Trinajstić information content (AvgIpc) is 3.45. The third-order valence-corrected chi connectivity index (χ3v) is 6.15. The topological polar surface area (TPSA) is 118 Å². The van der Waals surface area contributed by atoms with E-state index in [1.165, 1.54) is 18.9 Å². The number of fused-ring (bicyclic) bond motifs is 1. The second-order valence-corrected chi connectivity index (χ2v) is 9.48. The van der Waals surface area contributed by atoms with Gasteiger partial charge in [-0.05, 0) is 57.7 Å². The number of aromatic amines is 1. The van der Waals surface area contributed by atoms with Gasteiger partial charge in [0.15, 0.2) is 0 Å². The Bertz CT molecular complexity index is 1330. The SMILES string of the molecule is C1CCOC1.CCOC(=O)NC1(C)CC1.Fc1ccc(-c2cc3nccn3c(Nc3ccn[nH]3)n2)cc1Cl. The van der Waals surface area contributed by atoms with Gasteiger partial charge in [-0.15, -0.1) is 0 Å². The first kappa shape index (κ1) is 27.3. The summed E-state index contributed by atoms with van der Waals surface area (Å²) in [6.07, 6.45) is 9.52. The Morgan fingerprint density at radius 2 is 2.03 bits per heavy atom. The number of H-pyrrole nitrogens is 1. The molecule has 0 bridgehead atoms. The fraction of sp³-hybridized carbons (Fsp3) is 0.385. The smallest absolute Gasteiger partial charge is 0.407 e. The minimum absolute atomic E-state index is 0.0479. The van der Waals surface area contributed by atoms with Crippen LogP contribution in [0.5, 0.6) is 0 Å². The third kappa shape index (κ3) is 7.65. The molecule has 12 heteroatoms. The Morgan fingerprint density at radius 1 is 1.24 bits per heavy atom. The summed E-state index contributed by atoms with van der Waals surface area (Å²) < 4.78 is 24.8. The number of rotatable bonds is 5. The highest BCUT2D eigenvalue weighted by Gasteiger charge is 2.39. The molecule has 4 aromatic rings. The maximum absolute atomic E-state index is 13.4. The van der Waals surface area contributed by atoms with Crippen LogP contribution >= 0.6 is 11.6 Å². The molecule has 6 rings (SSSR count). The normalized spacial score (nSPS) is 15.1. The number of amides is 1. The van der Waals surface area contributed by atoms with Crippen LogP contribution in [0, 0.1) is 5.82 Å². The molecular formula is C26H31ClFN7O3. The highest BCUT2D eigenvalue weighted by molar-refractivity contribution is 6.31. The lowest BCUT2D eigenvalue weighted by Gasteiger charge is -2.09. The summed E-state index contributed by atoms with van der Waals surface area (Å²) in [5.41, 5.74) is 2.09. The van der Waals surface area contributed by atoms with E-state index in [1.54, 1.807) is 48.1 Å². The predicted octanol–water partition coefficient (Wildman–Crippen LogP) is 5.74. The number of hydrogen-bond donors (Lipinski definition) is 3. The fourth-order valence-electron chi connectivity index (χ4n) is 3.50. The molecule has 1 aromatic carbocycles. The number of carbonyl (C=O) groups is 1. The van der Waals surface area contributed by atoms with Crippen molar-refractivity contribution in [3.63, 3.8) is 0 Å². The Hall–Kier alpha value is -3.70. The first-order chi connectivity index (χ1) is 18.4. The lowest BCUT2D eigenvalue weighted by atomic mass is 10.1. The minimum Gasteiger partial charge on any atom is -0.450 e. The van der Waals surface area contributed by atoms with E-state index in [2.05, 4.69) is 30.8 Å². The van der Waals surface area contributed by atoms with Crippen LogP contribution in [0.15, 0.2) is 48.9 Å². The zero-order valence-corrected chi connectivity index (χ0v) is 22.1. The maximum Gasteiger partial charge on any atom is 0.407 e. The molecular weight excluding hydrogens is 513 g/mol. The lowest BCUT2D eigenvalue weighted by molar-refractivity contribution is 0.147. The number of imidazole rings is 1. The van der Waals surface area contributed by atoms with Gasteiger partial charge in [-0.3, -0.25) is 9.50 Å². The summed E-state index contributed by atoms with van der Waals surface area (Å²) in [6.45, 7) is 6.26. The quantitative estimate of drug-likeness (QED) is 0.294. The van der Waals surface area contributed by atoms with E-state index in [4.69, 9.17) is 21.1 Å². The van der Waals surface area contributed by atoms with Crippen molar-refractivity contribution >= 4 is 35.1 Å². The molecule has 0 spiro atoms. The summed E-state index contributed by atoms with van der Waals surface area (Å²) in [4.78, 5) is 19.6. The van der Waals surface area contributed by atoms with Crippen LogP contribution in [0.4, 0.5) is 21.0 Å². The van der Waals surface area contributed by atoms with Crippen LogP contribution in [-0.4, -0.2) is 56.0 Å². The first-order valence-electron chi connectivity index (χ1n) is 12.5. The van der Waals surface area contributed by atoms with Gasteiger partial charge in [-0.2, -0.15) is 5.10 Å². The third-order valence-electron chi connectivity index (χ3n) is 5.86. The molecule has 202 valence electrons. The van der Waals surface area contributed by atoms with Gasteiger partial charge in [-0.25, -0.2) is 19.2 Å². The van der Waals surface area contributed by atoms with Crippen molar-refractivity contribution in [2.75, 3.05) is 25.1 Å². The predicted molar refractivity (Wildman–Crippen MR) is 143 cm³/mol. The van der Waals surface area contributed by atoms with E-state index in [0.717, 1.165) is 26.1 Å². The number of hydrogen-bond acceptors (Lipinski definition) is 7. The second-order valence-electron chi connectivity index (χ2n) is 9.07. The van der Waals surface area contributed by atoms with Gasteiger partial charge >= 0.3 is 6.09 Å². The van der Waals surface area contributed by atoms with Crippen LogP contribution in [0.1, 0.15) is 39.5 Å². The van der Waals surface area contributed by atoms with E-state index in [-0.39, 0.29) is 16.7 Å². The van der Waals surface area contributed by atoms with Crippen molar-refractivity contribution in [3.8, 4) is 11.3 Å². The average molecular weight is 544 g/mol. The lowest BCUT2D eigenvalue weighted by Crippen LogP contribution is -2.34. The van der Waals surface area contributed by atoms with Crippen molar-refractivity contribution in [1.82, 2.24) is 29.9 Å². The first-order valence-corrected chi connectivity index (χ1v) is 12.8. The Kier molecular flexibility index (Phi) is 9.14. The Balaban J connectivity index is 0.000000184. The monoisotopic (exact) mass is 543 g/mol. The molecule has 1 saturated carbocycles. The van der Waals surface area contributed by atoms with Gasteiger partial charge in [0.25, 0.3) is 0 Å². The molecule has 2 fully saturated rings. The molecule has 1 aliphatic heterocycles. The largest absolute Gasteiger partial charge is 0.450 e. The Labute approximate surface area is 224 Å². The zero-order valence-electron chi connectivity index (χ0n) is 21.3. The number of aromatic nitrogens is 5. The minimum atomic E-state index is -0.465. The molecule has 1 aliphatic carbocycles. The number of nitrogens with zero attached hydrogens (tertiary/aromatic N) is 4. The number of ether oxygens (including phenoxy) is 2. The maximum atomic E-state index is 13.4. The van der Waals surface area contributed by atoms with Crippen LogP contribution in [0.2, 0.25) is 5.02 Å². The van der Waals surface area contributed by atoms with E-state index in [1.807, 2.05) is 13.0 Å². The zero-order chi connectivity index (χ0) is 27.0. The van der Waals surface area contributed by atoms with Crippen molar-refractivity contribution in [1.29, 1.82) is 0 Å². The van der Waals surface area contributed by atoms with Crippen molar-refractivity contribution in [2.24, 2.45) is 0 Å². The van der Waals surface area contributed by atoms with Crippen LogP contribution in [0.3, 0.4) is 0 Å². The highest BCUT2D eigenvalue weighted by atomic mass is 35.5. The molecule has 0 unspecified atom stereocenters. The summed E-state index contributed by atoms with van der Waals surface area (Å²) in [6, 6.07) is 8.08. The number of alkyl carbamates (subject to hydrolysis) is 1. The van der Waals surface area contributed by atoms with Crippen LogP contribution in [0.25, 0.3) is 16.9 Å². The standard InChI is InChI=1S/C15H10ClFN6.C7H13NO2.C4H8O/c16-10-7-9(1-2-11(10)17)12-8-14-18-5-6-23(14)15(20-12)21-13-3-4-19-22-13;1-3-10-6(9)8-7(2)4-5-7;1-2-4-5-3-1/h1-8H,(H2,19,20,21,22);3-5H2,1-2H3,(H,8,9);1-4H2. The summed E-state index contributed by atoms with van der Waals surface area (Å²) in [5.74, 6) is 0.787. The van der Waals surface area contributed by atoms with E-state index < -0.39 is 5.82 Å². The molecule has 2 aliphatic rings. The van der Waals surface area contributed by atoms with Gasteiger partial charge < -0.3 is 20.1 Å². The summed E-state index contributed by atoms with van der Waals surface area (Å²) in [5, 5.41) is 12.7. The number of benzene rings is 1. The summed E-state index contributed by atoms with van der Waals surface area (Å²) >= 11 is 5.86. The van der Waals surface area contributed by atoms with Gasteiger partial charge in [0.2, 0.25) is 5.95 Å². The van der Waals surface area contributed by atoms with Crippen LogP contribution in [-0.2, 0) is 9.47 Å². The molecule has 4 heterocycles. The molecule has 0 atom stereocenters. The second kappa shape index (κ2) is 12.7. The van der Waals surface area contributed by atoms with Gasteiger partial charge in [0.05, 0.1) is 23.5 Å². The number of halogens is 2. The van der Waals surface area contributed by atoms with Gasteiger partial charge in [0.1, 0.15) is 17.3 Å². The Morgan fingerprint density at radius 3 is 2.63 bits per heavy atom. The van der Waals surface area contributed by atoms with Gasteiger partial charge in [0, 0.05) is 48.8 Å². The molecule has 0 radical (unpaired) electrons. The van der Waals surface area contributed by atoms with Gasteiger partial charge in [-0.1, -0.05) is 11.6 Å². The molecule has 3 N–H and O–H groups in total. The highest BCUT2D eigenvalue weighted by Crippen LogP contribution is 2.34. The molecule has 38 heavy (non-hydrogen) atoms. The van der Waals surface area contributed by atoms with Crippen molar-refractivity contribution < 1.29 is 18.7 Å². The molecule has 10 nitrogen and oxygen atoms in total. The molecule has 1 saturated heterocycles. The van der Waals surface area contributed by atoms with Crippen molar-refractivity contribution in [3.05, 3.63) is 59.8 Å². The summed E-state index contributed by atoms with van der Waals surface area (Å²) in [7, 11) is 0. The van der Waals surface area contributed by atoms with Crippen LogP contribution < -0.4 is 10.6 Å². The number of anilines is 2. The fourth-order valence-corrected chi connectivity index (χ4v) is 3.68. The number of nitrogens with one attached hydrogen (secondary N) is 3. The van der Waals surface area contributed by atoms with E-state index in [0.29, 0.717) is 35.3 Å². The van der Waals surface area contributed by atoms with Crippen molar-refractivity contribution in [2.45, 2.75) is 45.1 Å². The molecule has 3 aromatic heterocycles.